The van der Waals surface area contributed by atoms with Crippen molar-refractivity contribution in [3.8, 4) is 0 Å². The van der Waals surface area contributed by atoms with Gasteiger partial charge in [-0.25, -0.2) is 8.42 Å². The maximum Gasteiger partial charge on any atom is 0.246 e. The van der Waals surface area contributed by atoms with Crippen LogP contribution in [0.3, 0.4) is 0 Å². The molecule has 0 bridgehead atoms. The van der Waals surface area contributed by atoms with E-state index >= 15 is 0 Å². The van der Waals surface area contributed by atoms with Gasteiger partial charge in [-0.3, -0.25) is 10.1 Å². The normalized spacial score (nSPS) is 19.6. The van der Waals surface area contributed by atoms with Crippen LogP contribution in [0.2, 0.25) is 0 Å². The minimum atomic E-state index is -3.54. The lowest BCUT2D eigenvalue weighted by Gasteiger charge is -2.37. The number of nitrogens with zero attached hydrogens (tertiary/aromatic N) is 3. The standard InChI is InChI=1S/C13H23N5O2S/c1-9-11(10(2)17(4)16-9)21(19,20)18-7-5-13(3,6-8-18)12(14)15/h5-8H2,1-4H3,(H3,14,15). The summed E-state index contributed by atoms with van der Waals surface area (Å²) in [5.74, 6) is 0.133. The average molecular weight is 313 g/mol. The summed E-state index contributed by atoms with van der Waals surface area (Å²) in [5.41, 5.74) is 6.39. The Balaban J connectivity index is 2.29. The second-order valence-corrected chi connectivity index (χ2v) is 7.88. The molecular weight excluding hydrogens is 290 g/mol. The third kappa shape index (κ3) is 2.57. The van der Waals surface area contributed by atoms with Gasteiger partial charge in [0.2, 0.25) is 10.0 Å². The average Bonchev–Trinajstić information content (AvgIpc) is 2.64. The highest BCUT2D eigenvalue weighted by molar-refractivity contribution is 7.89. The highest BCUT2D eigenvalue weighted by Gasteiger charge is 2.39. The molecule has 1 aromatic heterocycles. The predicted octanol–water partition coefficient (Wildman–Crippen LogP) is 0.764. The molecule has 0 amide bonds. The van der Waals surface area contributed by atoms with Crippen LogP contribution in [0, 0.1) is 24.7 Å². The Kier molecular flexibility index (Phi) is 3.88. The smallest absolute Gasteiger partial charge is 0.246 e. The Morgan fingerprint density at radius 2 is 1.86 bits per heavy atom. The molecule has 0 aliphatic carbocycles. The lowest BCUT2D eigenvalue weighted by molar-refractivity contribution is 0.240. The van der Waals surface area contributed by atoms with Crippen LogP contribution in [-0.2, 0) is 17.1 Å². The third-order valence-corrected chi connectivity index (χ3v) is 6.67. The van der Waals surface area contributed by atoms with Crippen LogP contribution in [-0.4, -0.2) is 41.4 Å². The molecule has 0 saturated carbocycles. The van der Waals surface area contributed by atoms with E-state index in [9.17, 15) is 8.42 Å². The molecule has 1 saturated heterocycles. The van der Waals surface area contributed by atoms with Crippen molar-refractivity contribution in [2.45, 2.75) is 38.5 Å². The first-order chi connectivity index (χ1) is 9.59. The van der Waals surface area contributed by atoms with Crippen LogP contribution >= 0.6 is 0 Å². The number of aromatic nitrogens is 2. The SMILES string of the molecule is Cc1nn(C)c(C)c1S(=O)(=O)N1CCC(C)(C(=N)N)CC1. The van der Waals surface area contributed by atoms with Crippen molar-refractivity contribution in [3.05, 3.63) is 11.4 Å². The summed E-state index contributed by atoms with van der Waals surface area (Å²) in [6.45, 7) is 6.15. The van der Waals surface area contributed by atoms with Gasteiger partial charge in [-0.05, 0) is 26.7 Å². The van der Waals surface area contributed by atoms with E-state index in [1.165, 1.54) is 4.31 Å². The first kappa shape index (κ1) is 16.0. The molecule has 0 atom stereocenters. The number of nitrogens with two attached hydrogens (primary N) is 1. The van der Waals surface area contributed by atoms with Gasteiger partial charge in [-0.2, -0.15) is 9.40 Å². The second-order valence-electron chi connectivity index (χ2n) is 6.00. The fourth-order valence-corrected chi connectivity index (χ4v) is 4.59. The molecule has 8 heteroatoms. The van der Waals surface area contributed by atoms with Crippen LogP contribution in [0.4, 0.5) is 0 Å². The minimum absolute atomic E-state index is 0.133. The van der Waals surface area contributed by atoms with Gasteiger partial charge in [-0.1, -0.05) is 6.92 Å². The topological polar surface area (TPSA) is 105 Å². The first-order valence-electron chi connectivity index (χ1n) is 6.94. The van der Waals surface area contributed by atoms with Crippen molar-refractivity contribution >= 4 is 15.9 Å². The Labute approximate surface area is 125 Å². The largest absolute Gasteiger partial charge is 0.387 e. The summed E-state index contributed by atoms with van der Waals surface area (Å²) in [7, 11) is -1.80. The molecule has 1 fully saturated rings. The third-order valence-electron chi connectivity index (χ3n) is 4.52. The molecular formula is C13H23N5O2S. The van der Waals surface area contributed by atoms with E-state index in [0.29, 0.717) is 42.2 Å². The molecule has 2 heterocycles. The van der Waals surface area contributed by atoms with Crippen LogP contribution in [0.25, 0.3) is 0 Å². The highest BCUT2D eigenvalue weighted by atomic mass is 32.2. The van der Waals surface area contributed by atoms with E-state index < -0.39 is 15.4 Å². The van der Waals surface area contributed by atoms with Gasteiger partial charge in [0, 0.05) is 25.6 Å². The zero-order valence-electron chi connectivity index (χ0n) is 13.0. The van der Waals surface area contributed by atoms with Gasteiger partial charge >= 0.3 is 0 Å². The number of nitrogens with one attached hydrogen (secondary N) is 1. The van der Waals surface area contributed by atoms with Crippen LogP contribution in [0.1, 0.15) is 31.2 Å². The Morgan fingerprint density at radius 1 is 1.33 bits per heavy atom. The Hall–Kier alpha value is -1.41. The molecule has 0 spiro atoms. The van der Waals surface area contributed by atoms with Crippen LogP contribution in [0.15, 0.2) is 4.90 Å². The number of aryl methyl sites for hydroxylation is 2. The van der Waals surface area contributed by atoms with E-state index in [1.54, 1.807) is 25.6 Å². The Morgan fingerprint density at radius 3 is 2.24 bits per heavy atom. The van der Waals surface area contributed by atoms with Gasteiger partial charge in [0.15, 0.2) is 0 Å². The maximum atomic E-state index is 12.8. The quantitative estimate of drug-likeness (QED) is 0.635. The summed E-state index contributed by atoms with van der Waals surface area (Å²) in [6.07, 6.45) is 1.14. The lowest BCUT2D eigenvalue weighted by Crippen LogP contribution is -2.47. The van der Waals surface area contributed by atoms with Crippen molar-refractivity contribution in [1.29, 1.82) is 5.41 Å². The highest BCUT2D eigenvalue weighted by Crippen LogP contribution is 2.34. The molecule has 3 N–H and O–H groups in total. The molecule has 118 valence electrons. The number of amidine groups is 1. The van der Waals surface area contributed by atoms with Gasteiger partial charge in [0.05, 0.1) is 17.2 Å². The summed E-state index contributed by atoms with van der Waals surface area (Å²) >= 11 is 0. The summed E-state index contributed by atoms with van der Waals surface area (Å²) < 4.78 is 28.7. The van der Waals surface area contributed by atoms with Crippen LogP contribution < -0.4 is 5.73 Å². The summed E-state index contributed by atoms with van der Waals surface area (Å²) in [5, 5.41) is 11.8. The lowest BCUT2D eigenvalue weighted by atomic mass is 9.80. The summed E-state index contributed by atoms with van der Waals surface area (Å²) in [4.78, 5) is 0.302. The predicted molar refractivity (Wildman–Crippen MR) is 80.7 cm³/mol. The molecule has 7 nitrogen and oxygen atoms in total. The van der Waals surface area contributed by atoms with Gasteiger partial charge < -0.3 is 5.73 Å². The molecule has 1 aromatic rings. The van der Waals surface area contributed by atoms with E-state index in [2.05, 4.69) is 5.10 Å². The Bertz CT molecular complexity index is 669. The van der Waals surface area contributed by atoms with Crippen molar-refractivity contribution in [3.63, 3.8) is 0 Å². The molecule has 21 heavy (non-hydrogen) atoms. The van der Waals surface area contributed by atoms with Crippen molar-refractivity contribution in [2.24, 2.45) is 18.2 Å². The minimum Gasteiger partial charge on any atom is -0.387 e. The number of sulfonamides is 1. The van der Waals surface area contributed by atoms with Crippen LogP contribution in [0.5, 0.6) is 0 Å². The fraction of sp³-hybridized carbons (Fsp3) is 0.692. The first-order valence-corrected chi connectivity index (χ1v) is 8.38. The van der Waals surface area contributed by atoms with Crippen molar-refractivity contribution in [1.82, 2.24) is 14.1 Å². The van der Waals surface area contributed by atoms with E-state index in [1.807, 2.05) is 6.92 Å². The number of rotatable bonds is 3. The number of piperidine rings is 1. The number of hydrogen-bond donors (Lipinski definition) is 2. The van der Waals surface area contributed by atoms with Gasteiger partial charge in [0.25, 0.3) is 0 Å². The van der Waals surface area contributed by atoms with Crippen molar-refractivity contribution < 1.29 is 8.42 Å². The monoisotopic (exact) mass is 313 g/mol. The molecule has 0 radical (unpaired) electrons. The second kappa shape index (κ2) is 5.10. The zero-order valence-corrected chi connectivity index (χ0v) is 13.8. The molecule has 0 unspecified atom stereocenters. The van der Waals surface area contributed by atoms with E-state index in [4.69, 9.17) is 11.1 Å². The molecule has 2 rings (SSSR count). The summed E-state index contributed by atoms with van der Waals surface area (Å²) in [6, 6.07) is 0. The number of hydrogen-bond acceptors (Lipinski definition) is 4. The van der Waals surface area contributed by atoms with E-state index in [-0.39, 0.29) is 5.84 Å². The van der Waals surface area contributed by atoms with E-state index in [0.717, 1.165) is 0 Å². The van der Waals surface area contributed by atoms with Gasteiger partial charge in [-0.15, -0.1) is 0 Å². The molecule has 1 aliphatic heterocycles. The maximum absolute atomic E-state index is 12.8. The van der Waals surface area contributed by atoms with Gasteiger partial charge in [0.1, 0.15) is 4.90 Å². The van der Waals surface area contributed by atoms with Crippen molar-refractivity contribution in [2.75, 3.05) is 13.1 Å². The fourth-order valence-electron chi connectivity index (χ4n) is 2.75. The zero-order chi connectivity index (χ0) is 16.0. The molecule has 0 aromatic carbocycles. The molecule has 1 aliphatic rings.